The van der Waals surface area contributed by atoms with Gasteiger partial charge in [0.1, 0.15) is 5.15 Å². The zero-order valence-corrected chi connectivity index (χ0v) is 12.6. The van der Waals surface area contributed by atoms with Gasteiger partial charge in [0.05, 0.1) is 5.56 Å². The Bertz CT molecular complexity index is 668. The highest BCUT2D eigenvalue weighted by molar-refractivity contribution is 6.34. The lowest BCUT2D eigenvalue weighted by molar-refractivity contribution is 0.0363. The average molecular weight is 305 g/mol. The Morgan fingerprint density at radius 1 is 1.29 bits per heavy atom. The Labute approximate surface area is 128 Å². The van der Waals surface area contributed by atoms with Crippen molar-refractivity contribution in [2.75, 3.05) is 20.3 Å². The van der Waals surface area contributed by atoms with E-state index in [4.69, 9.17) is 16.3 Å². The van der Waals surface area contributed by atoms with Gasteiger partial charge >= 0.3 is 0 Å². The third-order valence-electron chi connectivity index (χ3n) is 4.04. The molecule has 0 spiro atoms. The molecule has 1 amide bonds. The SMILES string of the molecule is CN(C(=O)c1cnc(Cl)c2ccccc12)C1CCOCC1. The van der Waals surface area contributed by atoms with Gasteiger partial charge in [-0.05, 0) is 18.2 Å². The summed E-state index contributed by atoms with van der Waals surface area (Å²) in [5.74, 6) is -0.0118. The molecule has 0 bridgehead atoms. The van der Waals surface area contributed by atoms with Crippen LogP contribution in [0.4, 0.5) is 0 Å². The monoisotopic (exact) mass is 304 g/mol. The zero-order valence-electron chi connectivity index (χ0n) is 11.9. The predicted octanol–water partition coefficient (Wildman–Crippen LogP) is 3.14. The Morgan fingerprint density at radius 2 is 1.95 bits per heavy atom. The highest BCUT2D eigenvalue weighted by Gasteiger charge is 2.24. The molecule has 110 valence electrons. The van der Waals surface area contributed by atoms with E-state index in [1.807, 2.05) is 31.3 Å². The van der Waals surface area contributed by atoms with E-state index in [0.717, 1.165) is 23.6 Å². The second kappa shape index (κ2) is 6.00. The molecule has 5 heteroatoms. The molecule has 0 unspecified atom stereocenters. The average Bonchev–Trinajstić information content (AvgIpc) is 2.55. The van der Waals surface area contributed by atoms with E-state index in [1.165, 1.54) is 0 Å². The lowest BCUT2D eigenvalue weighted by Gasteiger charge is -2.31. The van der Waals surface area contributed by atoms with Crippen molar-refractivity contribution in [3.05, 3.63) is 41.2 Å². The Morgan fingerprint density at radius 3 is 2.67 bits per heavy atom. The number of ether oxygens (including phenoxy) is 1. The summed E-state index contributed by atoms with van der Waals surface area (Å²) in [4.78, 5) is 18.7. The number of nitrogens with zero attached hydrogens (tertiary/aromatic N) is 2. The molecule has 21 heavy (non-hydrogen) atoms. The first kappa shape index (κ1) is 14.3. The van der Waals surface area contributed by atoms with Crippen LogP contribution in [0, 0.1) is 0 Å². The molecule has 2 aromatic rings. The van der Waals surface area contributed by atoms with Gasteiger partial charge in [0, 0.05) is 37.9 Å². The summed E-state index contributed by atoms with van der Waals surface area (Å²) in [5.41, 5.74) is 0.601. The molecule has 0 atom stereocenters. The molecule has 1 aromatic heterocycles. The van der Waals surface area contributed by atoms with Gasteiger partial charge in [-0.3, -0.25) is 4.79 Å². The number of hydrogen-bond donors (Lipinski definition) is 0. The normalized spacial score (nSPS) is 16.1. The first-order chi connectivity index (χ1) is 10.2. The summed E-state index contributed by atoms with van der Waals surface area (Å²) in [6.07, 6.45) is 3.32. The molecule has 1 aliphatic rings. The summed E-state index contributed by atoms with van der Waals surface area (Å²) in [5, 5.41) is 2.09. The lowest BCUT2D eigenvalue weighted by Crippen LogP contribution is -2.40. The number of rotatable bonds is 2. The van der Waals surface area contributed by atoms with Crippen molar-refractivity contribution < 1.29 is 9.53 Å². The number of aromatic nitrogens is 1. The fourth-order valence-electron chi connectivity index (χ4n) is 2.76. The highest BCUT2D eigenvalue weighted by atomic mass is 35.5. The number of amides is 1. The van der Waals surface area contributed by atoms with Gasteiger partial charge in [0.25, 0.3) is 5.91 Å². The van der Waals surface area contributed by atoms with Crippen LogP contribution in [0.1, 0.15) is 23.2 Å². The number of pyridine rings is 1. The van der Waals surface area contributed by atoms with Crippen LogP contribution in [-0.2, 0) is 4.74 Å². The van der Waals surface area contributed by atoms with Gasteiger partial charge in [-0.25, -0.2) is 4.98 Å². The van der Waals surface area contributed by atoms with Crippen molar-refractivity contribution in [2.45, 2.75) is 18.9 Å². The minimum atomic E-state index is -0.0118. The van der Waals surface area contributed by atoms with E-state index < -0.39 is 0 Å². The molecule has 1 aliphatic heterocycles. The van der Waals surface area contributed by atoms with Gasteiger partial charge in [-0.2, -0.15) is 0 Å². The predicted molar refractivity (Wildman–Crippen MR) is 82.7 cm³/mol. The van der Waals surface area contributed by atoms with Gasteiger partial charge in [-0.1, -0.05) is 35.9 Å². The van der Waals surface area contributed by atoms with Gasteiger partial charge in [-0.15, -0.1) is 0 Å². The Hall–Kier alpha value is -1.65. The van der Waals surface area contributed by atoms with E-state index in [9.17, 15) is 4.79 Å². The van der Waals surface area contributed by atoms with Crippen molar-refractivity contribution >= 4 is 28.3 Å². The summed E-state index contributed by atoms with van der Waals surface area (Å²) in [6, 6.07) is 7.82. The minimum absolute atomic E-state index is 0.0118. The van der Waals surface area contributed by atoms with E-state index in [2.05, 4.69) is 4.98 Å². The first-order valence-electron chi connectivity index (χ1n) is 7.06. The summed E-state index contributed by atoms with van der Waals surface area (Å²) in [7, 11) is 1.85. The van der Waals surface area contributed by atoms with Crippen LogP contribution in [-0.4, -0.2) is 42.1 Å². The fraction of sp³-hybridized carbons (Fsp3) is 0.375. The zero-order chi connectivity index (χ0) is 14.8. The molecular weight excluding hydrogens is 288 g/mol. The van der Waals surface area contributed by atoms with Crippen molar-refractivity contribution in [3.63, 3.8) is 0 Å². The fourth-order valence-corrected chi connectivity index (χ4v) is 2.97. The molecule has 3 rings (SSSR count). The highest BCUT2D eigenvalue weighted by Crippen LogP contribution is 2.26. The maximum Gasteiger partial charge on any atom is 0.256 e. The van der Waals surface area contributed by atoms with Crippen LogP contribution < -0.4 is 0 Å². The number of hydrogen-bond acceptors (Lipinski definition) is 3. The molecule has 0 saturated carbocycles. The molecule has 2 heterocycles. The van der Waals surface area contributed by atoms with Crippen LogP contribution in [0.15, 0.2) is 30.5 Å². The molecule has 1 fully saturated rings. The van der Waals surface area contributed by atoms with Crippen molar-refractivity contribution in [1.29, 1.82) is 0 Å². The molecule has 0 N–H and O–H groups in total. The van der Waals surface area contributed by atoms with Crippen molar-refractivity contribution in [2.24, 2.45) is 0 Å². The van der Waals surface area contributed by atoms with Crippen molar-refractivity contribution in [3.8, 4) is 0 Å². The van der Waals surface area contributed by atoms with E-state index in [-0.39, 0.29) is 11.9 Å². The van der Waals surface area contributed by atoms with Crippen LogP contribution in [0.3, 0.4) is 0 Å². The Kier molecular flexibility index (Phi) is 4.08. The number of benzene rings is 1. The number of carbonyl (C=O) groups is 1. The third-order valence-corrected chi connectivity index (χ3v) is 4.34. The van der Waals surface area contributed by atoms with Crippen LogP contribution in [0.25, 0.3) is 10.8 Å². The molecule has 0 radical (unpaired) electrons. The second-order valence-corrected chi connectivity index (χ2v) is 5.63. The molecule has 4 nitrogen and oxygen atoms in total. The minimum Gasteiger partial charge on any atom is -0.381 e. The summed E-state index contributed by atoms with van der Waals surface area (Å²) < 4.78 is 5.35. The summed E-state index contributed by atoms with van der Waals surface area (Å²) in [6.45, 7) is 1.42. The molecule has 0 aliphatic carbocycles. The third kappa shape index (κ3) is 2.74. The van der Waals surface area contributed by atoms with E-state index in [1.54, 1.807) is 11.1 Å². The number of carbonyl (C=O) groups excluding carboxylic acids is 1. The van der Waals surface area contributed by atoms with Gasteiger partial charge in [0.2, 0.25) is 0 Å². The maximum atomic E-state index is 12.8. The second-order valence-electron chi connectivity index (χ2n) is 5.27. The summed E-state index contributed by atoms with van der Waals surface area (Å²) >= 11 is 6.11. The maximum absolute atomic E-state index is 12.8. The van der Waals surface area contributed by atoms with E-state index >= 15 is 0 Å². The van der Waals surface area contributed by atoms with Crippen LogP contribution in [0.5, 0.6) is 0 Å². The van der Waals surface area contributed by atoms with E-state index in [0.29, 0.717) is 23.9 Å². The van der Waals surface area contributed by atoms with Crippen LogP contribution >= 0.6 is 11.6 Å². The Balaban J connectivity index is 1.96. The first-order valence-corrected chi connectivity index (χ1v) is 7.44. The largest absolute Gasteiger partial charge is 0.381 e. The van der Waals surface area contributed by atoms with Gasteiger partial charge < -0.3 is 9.64 Å². The topological polar surface area (TPSA) is 42.4 Å². The standard InChI is InChI=1S/C16H17ClN2O2/c1-19(11-6-8-21-9-7-11)16(20)14-10-18-15(17)13-5-3-2-4-12(13)14/h2-5,10-11H,6-9H2,1H3. The lowest BCUT2D eigenvalue weighted by atomic mass is 10.0. The van der Waals surface area contributed by atoms with Crippen molar-refractivity contribution in [1.82, 2.24) is 9.88 Å². The molecule has 1 aromatic carbocycles. The number of halogens is 1. The number of fused-ring (bicyclic) bond motifs is 1. The smallest absolute Gasteiger partial charge is 0.256 e. The van der Waals surface area contributed by atoms with Gasteiger partial charge in [0.15, 0.2) is 0 Å². The molecule has 1 saturated heterocycles. The molecular formula is C16H17ClN2O2. The quantitative estimate of drug-likeness (QED) is 0.801. The van der Waals surface area contributed by atoms with Crippen LogP contribution in [0.2, 0.25) is 5.15 Å².